The molecule has 1 heterocycles. The third-order valence-corrected chi connectivity index (χ3v) is 2.72. The number of rotatable bonds is 7. The Hall–Kier alpha value is -0.160. The Morgan fingerprint density at radius 1 is 1.53 bits per heavy atom. The zero-order valence-corrected chi connectivity index (χ0v) is 9.74. The quantitative estimate of drug-likeness (QED) is 0.611. The van der Waals surface area contributed by atoms with Gasteiger partial charge in [-0.25, -0.2) is 0 Å². The van der Waals surface area contributed by atoms with Crippen LogP contribution < -0.4 is 5.32 Å². The summed E-state index contributed by atoms with van der Waals surface area (Å²) in [5, 5.41) is 12.9. The minimum atomic E-state index is -0.308. The van der Waals surface area contributed by atoms with Crippen molar-refractivity contribution in [1.82, 2.24) is 5.32 Å². The molecule has 4 heteroatoms. The Morgan fingerprint density at radius 3 is 2.93 bits per heavy atom. The monoisotopic (exact) mass is 217 g/mol. The molecule has 0 aliphatic carbocycles. The van der Waals surface area contributed by atoms with Gasteiger partial charge in [0.15, 0.2) is 0 Å². The average Bonchev–Trinajstić information content (AvgIpc) is 2.59. The van der Waals surface area contributed by atoms with Crippen molar-refractivity contribution in [2.75, 3.05) is 26.8 Å². The molecule has 90 valence electrons. The van der Waals surface area contributed by atoms with Gasteiger partial charge in [0.05, 0.1) is 24.9 Å². The first-order valence-corrected chi connectivity index (χ1v) is 5.75. The lowest BCUT2D eigenvalue weighted by Gasteiger charge is -2.16. The van der Waals surface area contributed by atoms with E-state index in [9.17, 15) is 5.11 Å². The Kier molecular flexibility index (Phi) is 6.17. The third kappa shape index (κ3) is 5.47. The van der Waals surface area contributed by atoms with Crippen LogP contribution in [0.25, 0.3) is 0 Å². The number of hydrogen-bond donors (Lipinski definition) is 2. The van der Waals surface area contributed by atoms with Crippen LogP contribution in [0.15, 0.2) is 0 Å². The minimum Gasteiger partial charge on any atom is -0.392 e. The van der Waals surface area contributed by atoms with Gasteiger partial charge in [0.1, 0.15) is 0 Å². The van der Waals surface area contributed by atoms with Gasteiger partial charge >= 0.3 is 0 Å². The topological polar surface area (TPSA) is 50.7 Å². The van der Waals surface area contributed by atoms with Gasteiger partial charge in [-0.15, -0.1) is 0 Å². The SMILES string of the molecule is COCCNCC(O)CC1CCC(C)O1. The van der Waals surface area contributed by atoms with E-state index in [1.807, 2.05) is 0 Å². The molecular formula is C11H23NO3. The Balaban J connectivity index is 2.00. The summed E-state index contributed by atoms with van der Waals surface area (Å²) in [5.74, 6) is 0. The van der Waals surface area contributed by atoms with Crippen LogP contribution in [0.5, 0.6) is 0 Å². The van der Waals surface area contributed by atoms with Crippen molar-refractivity contribution < 1.29 is 14.6 Å². The highest BCUT2D eigenvalue weighted by atomic mass is 16.5. The van der Waals surface area contributed by atoms with Crippen LogP contribution in [0.1, 0.15) is 26.2 Å². The van der Waals surface area contributed by atoms with Gasteiger partial charge in [-0.3, -0.25) is 0 Å². The van der Waals surface area contributed by atoms with Crippen LogP contribution in [0.3, 0.4) is 0 Å². The molecular weight excluding hydrogens is 194 g/mol. The molecule has 0 aromatic rings. The lowest BCUT2D eigenvalue weighted by atomic mass is 10.1. The standard InChI is InChI=1S/C11H23NO3/c1-9-3-4-11(15-9)7-10(13)8-12-5-6-14-2/h9-13H,3-8H2,1-2H3. The van der Waals surface area contributed by atoms with E-state index >= 15 is 0 Å². The number of aliphatic hydroxyl groups excluding tert-OH is 1. The normalized spacial score (nSPS) is 28.2. The van der Waals surface area contributed by atoms with Crippen molar-refractivity contribution in [2.24, 2.45) is 0 Å². The second kappa shape index (κ2) is 7.17. The summed E-state index contributed by atoms with van der Waals surface area (Å²) in [7, 11) is 1.67. The molecule has 2 N–H and O–H groups in total. The molecule has 0 radical (unpaired) electrons. The summed E-state index contributed by atoms with van der Waals surface area (Å²) < 4.78 is 10.5. The number of aliphatic hydroxyl groups is 1. The number of ether oxygens (including phenoxy) is 2. The van der Waals surface area contributed by atoms with Gasteiger partial charge in [0.2, 0.25) is 0 Å². The zero-order valence-electron chi connectivity index (χ0n) is 9.74. The Morgan fingerprint density at radius 2 is 2.33 bits per heavy atom. The molecule has 1 fully saturated rings. The van der Waals surface area contributed by atoms with Crippen molar-refractivity contribution in [1.29, 1.82) is 0 Å². The largest absolute Gasteiger partial charge is 0.392 e. The third-order valence-electron chi connectivity index (χ3n) is 2.72. The number of methoxy groups -OCH3 is 1. The number of nitrogens with one attached hydrogen (secondary N) is 1. The summed E-state index contributed by atoms with van der Waals surface area (Å²) in [4.78, 5) is 0. The van der Waals surface area contributed by atoms with Crippen LogP contribution in [-0.2, 0) is 9.47 Å². The molecule has 1 aliphatic heterocycles. The zero-order chi connectivity index (χ0) is 11.1. The second-order valence-corrected chi connectivity index (χ2v) is 4.23. The molecule has 3 unspecified atom stereocenters. The van der Waals surface area contributed by atoms with Crippen LogP contribution in [-0.4, -0.2) is 50.2 Å². The summed E-state index contributed by atoms with van der Waals surface area (Å²) in [6, 6.07) is 0. The van der Waals surface area contributed by atoms with E-state index in [0.717, 1.165) is 25.8 Å². The Bertz CT molecular complexity index is 166. The highest BCUT2D eigenvalue weighted by Gasteiger charge is 2.23. The van der Waals surface area contributed by atoms with Crippen LogP contribution in [0.2, 0.25) is 0 Å². The van der Waals surface area contributed by atoms with Crippen molar-refractivity contribution in [2.45, 2.75) is 44.5 Å². The molecule has 15 heavy (non-hydrogen) atoms. The van der Waals surface area contributed by atoms with Crippen LogP contribution in [0.4, 0.5) is 0 Å². The highest BCUT2D eigenvalue weighted by molar-refractivity contribution is 4.74. The summed E-state index contributed by atoms with van der Waals surface area (Å²) in [5.41, 5.74) is 0. The van der Waals surface area contributed by atoms with E-state index in [1.54, 1.807) is 7.11 Å². The average molecular weight is 217 g/mol. The smallest absolute Gasteiger partial charge is 0.0689 e. The van der Waals surface area contributed by atoms with Crippen molar-refractivity contribution in [3.8, 4) is 0 Å². The molecule has 0 saturated carbocycles. The fourth-order valence-corrected chi connectivity index (χ4v) is 1.89. The second-order valence-electron chi connectivity index (χ2n) is 4.23. The van der Waals surface area contributed by atoms with Crippen molar-refractivity contribution >= 4 is 0 Å². The van der Waals surface area contributed by atoms with Gasteiger partial charge < -0.3 is 19.9 Å². The predicted molar refractivity (Wildman–Crippen MR) is 58.9 cm³/mol. The predicted octanol–water partition coefficient (Wildman–Crippen LogP) is 0.541. The molecule has 3 atom stereocenters. The van der Waals surface area contributed by atoms with E-state index in [2.05, 4.69) is 12.2 Å². The molecule has 0 amide bonds. The fraction of sp³-hybridized carbons (Fsp3) is 1.00. The van der Waals surface area contributed by atoms with E-state index < -0.39 is 0 Å². The van der Waals surface area contributed by atoms with E-state index in [0.29, 0.717) is 19.3 Å². The molecule has 1 aliphatic rings. The van der Waals surface area contributed by atoms with Gasteiger partial charge in [-0.05, 0) is 19.8 Å². The van der Waals surface area contributed by atoms with E-state index in [1.165, 1.54) is 0 Å². The molecule has 0 bridgehead atoms. The van der Waals surface area contributed by atoms with E-state index in [4.69, 9.17) is 9.47 Å². The molecule has 0 spiro atoms. The molecule has 0 aromatic heterocycles. The van der Waals surface area contributed by atoms with Gasteiger partial charge in [-0.2, -0.15) is 0 Å². The number of hydrogen-bond acceptors (Lipinski definition) is 4. The molecule has 4 nitrogen and oxygen atoms in total. The molecule has 0 aromatic carbocycles. The maximum atomic E-state index is 9.71. The first kappa shape index (κ1) is 12.9. The Labute approximate surface area is 92.0 Å². The van der Waals surface area contributed by atoms with Crippen molar-refractivity contribution in [3.63, 3.8) is 0 Å². The lowest BCUT2D eigenvalue weighted by Crippen LogP contribution is -2.31. The van der Waals surface area contributed by atoms with Crippen LogP contribution in [0, 0.1) is 0 Å². The van der Waals surface area contributed by atoms with Crippen LogP contribution >= 0.6 is 0 Å². The summed E-state index contributed by atoms with van der Waals surface area (Å²) in [6.45, 7) is 4.18. The van der Waals surface area contributed by atoms with Gasteiger partial charge in [0, 0.05) is 26.6 Å². The minimum absolute atomic E-state index is 0.249. The molecule has 1 saturated heterocycles. The summed E-state index contributed by atoms with van der Waals surface area (Å²) in [6.07, 6.45) is 3.25. The first-order chi connectivity index (χ1) is 7.22. The summed E-state index contributed by atoms with van der Waals surface area (Å²) >= 11 is 0. The van der Waals surface area contributed by atoms with Gasteiger partial charge in [-0.1, -0.05) is 0 Å². The first-order valence-electron chi connectivity index (χ1n) is 5.75. The maximum absolute atomic E-state index is 9.71. The maximum Gasteiger partial charge on any atom is 0.0689 e. The lowest BCUT2D eigenvalue weighted by molar-refractivity contribution is 0.0198. The van der Waals surface area contributed by atoms with Gasteiger partial charge in [0.25, 0.3) is 0 Å². The highest BCUT2D eigenvalue weighted by Crippen LogP contribution is 2.22. The van der Waals surface area contributed by atoms with E-state index in [-0.39, 0.29) is 12.2 Å². The van der Waals surface area contributed by atoms with Crippen molar-refractivity contribution in [3.05, 3.63) is 0 Å². The fourth-order valence-electron chi connectivity index (χ4n) is 1.89. The molecule has 1 rings (SSSR count).